The van der Waals surface area contributed by atoms with Crippen molar-refractivity contribution in [3.8, 4) is 0 Å². The monoisotopic (exact) mass is 284 g/mol. The third-order valence-electron chi connectivity index (χ3n) is 3.99. The summed E-state index contributed by atoms with van der Waals surface area (Å²) in [6.45, 7) is 11.1. The van der Waals surface area contributed by atoms with E-state index in [0.29, 0.717) is 5.92 Å². The molecule has 19 heavy (non-hydrogen) atoms. The van der Waals surface area contributed by atoms with E-state index >= 15 is 0 Å². The summed E-state index contributed by atoms with van der Waals surface area (Å²) in [4.78, 5) is 10.7. The van der Waals surface area contributed by atoms with Crippen LogP contribution in [0, 0.1) is 17.8 Å². The van der Waals surface area contributed by atoms with Crippen LogP contribution in [0.15, 0.2) is 23.8 Å². The van der Waals surface area contributed by atoms with Gasteiger partial charge in [0.1, 0.15) is 0 Å². The van der Waals surface area contributed by atoms with E-state index in [1.807, 2.05) is 13.0 Å². The van der Waals surface area contributed by atoms with Gasteiger partial charge in [0.05, 0.1) is 0 Å². The molecule has 0 saturated carbocycles. The fourth-order valence-electron chi connectivity index (χ4n) is 2.07. The van der Waals surface area contributed by atoms with Crippen LogP contribution >= 0.6 is 11.6 Å². The van der Waals surface area contributed by atoms with Crippen molar-refractivity contribution in [3.63, 3.8) is 0 Å². The highest BCUT2D eigenvalue weighted by Crippen LogP contribution is 2.23. The fourth-order valence-corrected chi connectivity index (χ4v) is 2.24. The first-order chi connectivity index (χ1) is 8.86. The third-order valence-corrected chi connectivity index (χ3v) is 4.10. The molecule has 0 N–H and O–H groups in total. The molecule has 0 radical (unpaired) electrons. The van der Waals surface area contributed by atoms with Crippen LogP contribution in [0.5, 0.6) is 0 Å². The van der Waals surface area contributed by atoms with Crippen molar-refractivity contribution in [2.45, 2.75) is 60.3 Å². The molecule has 1 nitrogen and oxygen atoms in total. The summed E-state index contributed by atoms with van der Waals surface area (Å²) in [5.74, 6) is 2.33. The Morgan fingerprint density at radius 2 is 1.79 bits per heavy atom. The Labute approximate surface area is 124 Å². The maximum atomic E-state index is 10.7. The first kappa shape index (κ1) is 18.4. The molecule has 110 valence electrons. The Kier molecular flexibility index (Phi) is 9.95. The van der Waals surface area contributed by atoms with E-state index in [1.165, 1.54) is 25.3 Å². The molecule has 2 heteroatoms. The molecule has 0 aliphatic heterocycles. The van der Waals surface area contributed by atoms with Crippen LogP contribution in [0.1, 0.15) is 60.3 Å². The van der Waals surface area contributed by atoms with Gasteiger partial charge in [-0.1, -0.05) is 59.1 Å². The van der Waals surface area contributed by atoms with Gasteiger partial charge in [-0.25, -0.2) is 0 Å². The highest BCUT2D eigenvalue weighted by atomic mass is 35.5. The van der Waals surface area contributed by atoms with E-state index in [2.05, 4.69) is 33.8 Å². The maximum absolute atomic E-state index is 10.7. The number of carbonyl (C=O) groups is 1. The minimum Gasteiger partial charge on any atom is -0.276 e. The van der Waals surface area contributed by atoms with Crippen molar-refractivity contribution in [2.75, 3.05) is 0 Å². The van der Waals surface area contributed by atoms with Crippen molar-refractivity contribution in [1.29, 1.82) is 0 Å². The summed E-state index contributed by atoms with van der Waals surface area (Å²) < 4.78 is 0. The normalized spacial score (nSPS) is 17.5. The molecule has 0 aromatic heterocycles. The lowest BCUT2D eigenvalue weighted by Gasteiger charge is -2.19. The van der Waals surface area contributed by atoms with Gasteiger partial charge in [-0.15, -0.1) is 0 Å². The molecule has 0 saturated heterocycles. The smallest absolute Gasteiger partial charge is 0.245 e. The van der Waals surface area contributed by atoms with Crippen molar-refractivity contribution in [3.05, 3.63) is 23.8 Å². The average molecular weight is 285 g/mol. The summed E-state index contributed by atoms with van der Waals surface area (Å²) in [7, 11) is 0. The Morgan fingerprint density at radius 3 is 2.32 bits per heavy atom. The molecule has 0 heterocycles. The molecule has 0 spiro atoms. The zero-order valence-electron chi connectivity index (χ0n) is 13.1. The standard InChI is InChI=1S/C17H29ClO/c1-6-15(4)16(5)11-10-13(2)8-7-9-14(3)12-17(18)19/h7,9,12-13,15-16H,6,8,10-11H2,1-5H3. The van der Waals surface area contributed by atoms with Gasteiger partial charge in [0.15, 0.2) is 0 Å². The summed E-state index contributed by atoms with van der Waals surface area (Å²) in [6.07, 6.45) is 10.5. The zero-order valence-corrected chi connectivity index (χ0v) is 13.8. The van der Waals surface area contributed by atoms with E-state index in [-0.39, 0.29) is 0 Å². The Bertz CT molecular complexity index is 317. The summed E-state index contributed by atoms with van der Waals surface area (Å²) in [6, 6.07) is 0. The molecular formula is C17H29ClO. The number of halogens is 1. The maximum Gasteiger partial charge on any atom is 0.245 e. The fraction of sp³-hybridized carbons (Fsp3) is 0.706. The summed E-state index contributed by atoms with van der Waals surface area (Å²) in [5.41, 5.74) is 0.917. The Hall–Kier alpha value is -0.560. The van der Waals surface area contributed by atoms with Crippen molar-refractivity contribution in [2.24, 2.45) is 17.8 Å². The van der Waals surface area contributed by atoms with Gasteiger partial charge in [0.25, 0.3) is 0 Å². The van der Waals surface area contributed by atoms with Crippen LogP contribution in [0.25, 0.3) is 0 Å². The van der Waals surface area contributed by atoms with E-state index in [4.69, 9.17) is 11.6 Å². The van der Waals surface area contributed by atoms with E-state index < -0.39 is 5.24 Å². The van der Waals surface area contributed by atoms with Crippen LogP contribution in [-0.2, 0) is 4.79 Å². The van der Waals surface area contributed by atoms with E-state index in [1.54, 1.807) is 0 Å². The van der Waals surface area contributed by atoms with Crippen LogP contribution < -0.4 is 0 Å². The zero-order chi connectivity index (χ0) is 14.8. The van der Waals surface area contributed by atoms with Gasteiger partial charge >= 0.3 is 0 Å². The second-order valence-corrected chi connectivity index (χ2v) is 6.25. The van der Waals surface area contributed by atoms with Crippen molar-refractivity contribution in [1.82, 2.24) is 0 Å². The topological polar surface area (TPSA) is 17.1 Å². The Morgan fingerprint density at radius 1 is 1.16 bits per heavy atom. The van der Waals surface area contributed by atoms with Gasteiger partial charge in [-0.3, -0.25) is 4.79 Å². The number of carbonyl (C=O) groups excluding carboxylic acids is 1. The van der Waals surface area contributed by atoms with Gasteiger partial charge in [0, 0.05) is 6.08 Å². The minimum absolute atomic E-state index is 0.405. The van der Waals surface area contributed by atoms with Crippen molar-refractivity contribution < 1.29 is 4.79 Å². The molecule has 0 amide bonds. The molecule has 3 atom stereocenters. The first-order valence-electron chi connectivity index (χ1n) is 7.41. The molecule has 0 aromatic rings. The number of allylic oxidation sites excluding steroid dienone is 4. The lowest BCUT2D eigenvalue weighted by molar-refractivity contribution is -0.107. The van der Waals surface area contributed by atoms with Gasteiger partial charge < -0.3 is 0 Å². The summed E-state index contributed by atoms with van der Waals surface area (Å²) >= 11 is 5.29. The van der Waals surface area contributed by atoms with Crippen LogP contribution in [-0.4, -0.2) is 5.24 Å². The predicted molar refractivity (Wildman–Crippen MR) is 85.4 cm³/mol. The number of hydrogen-bond acceptors (Lipinski definition) is 1. The molecular weight excluding hydrogens is 256 g/mol. The van der Waals surface area contributed by atoms with Gasteiger partial charge in [0.2, 0.25) is 5.24 Å². The van der Waals surface area contributed by atoms with E-state index in [0.717, 1.165) is 23.8 Å². The molecule has 0 aliphatic carbocycles. The third kappa shape index (κ3) is 9.95. The largest absolute Gasteiger partial charge is 0.276 e. The summed E-state index contributed by atoms with van der Waals surface area (Å²) in [5, 5.41) is -0.405. The number of hydrogen-bond donors (Lipinski definition) is 0. The molecule has 0 aliphatic rings. The van der Waals surface area contributed by atoms with Crippen LogP contribution in [0.3, 0.4) is 0 Å². The SMILES string of the molecule is CCC(C)C(C)CCC(C)CC=CC(C)=CC(=O)Cl. The van der Waals surface area contributed by atoms with Crippen molar-refractivity contribution >= 4 is 16.8 Å². The molecule has 0 bridgehead atoms. The van der Waals surface area contributed by atoms with Crippen LogP contribution in [0.4, 0.5) is 0 Å². The second kappa shape index (κ2) is 10.3. The Balaban J connectivity index is 3.96. The van der Waals surface area contributed by atoms with Gasteiger partial charge in [-0.05, 0) is 48.3 Å². The van der Waals surface area contributed by atoms with E-state index in [9.17, 15) is 4.79 Å². The quantitative estimate of drug-likeness (QED) is 0.300. The van der Waals surface area contributed by atoms with Gasteiger partial charge in [-0.2, -0.15) is 0 Å². The lowest BCUT2D eigenvalue weighted by atomic mass is 9.86. The minimum atomic E-state index is -0.405. The highest BCUT2D eigenvalue weighted by Gasteiger charge is 2.11. The molecule has 0 fully saturated rings. The predicted octanol–water partition coefficient (Wildman–Crippen LogP) is 5.74. The molecule has 0 aromatic carbocycles. The molecule has 0 rings (SSSR count). The van der Waals surface area contributed by atoms with Crippen LogP contribution in [0.2, 0.25) is 0 Å². The average Bonchev–Trinajstić information content (AvgIpc) is 2.33. The molecule has 3 unspecified atom stereocenters. The highest BCUT2D eigenvalue weighted by molar-refractivity contribution is 6.66. The lowest BCUT2D eigenvalue weighted by Crippen LogP contribution is -2.08. The first-order valence-corrected chi connectivity index (χ1v) is 7.78. The number of rotatable bonds is 9. The second-order valence-electron chi connectivity index (χ2n) is 5.88.